The van der Waals surface area contributed by atoms with Gasteiger partial charge in [-0.25, -0.2) is 0 Å². The Morgan fingerprint density at radius 2 is 0.565 bits per heavy atom. The molecule has 0 bridgehead atoms. The molecular weight excluding hydrogens is 853 g/mol. The van der Waals surface area contributed by atoms with Gasteiger partial charge in [-0.15, -0.1) is 0 Å². The van der Waals surface area contributed by atoms with E-state index >= 15 is 0 Å². The first-order chi connectivity index (χ1) is 34.0. The zero-order chi connectivity index (χ0) is 50.0. The molecule has 0 spiro atoms. The van der Waals surface area contributed by atoms with E-state index in [0.717, 1.165) is 122 Å². The number of carbonyl (C=O) groups excluding carboxylic acids is 3. The van der Waals surface area contributed by atoms with Gasteiger partial charge in [0.15, 0.2) is 6.10 Å². The Morgan fingerprint density at radius 1 is 0.304 bits per heavy atom. The zero-order valence-corrected chi connectivity index (χ0v) is 45.0. The first-order valence-corrected chi connectivity index (χ1v) is 28.7. The van der Waals surface area contributed by atoms with Crippen molar-refractivity contribution < 1.29 is 28.6 Å². The molecule has 394 valence electrons. The van der Waals surface area contributed by atoms with E-state index < -0.39 is 6.10 Å². The van der Waals surface area contributed by atoms with Crippen LogP contribution in [0, 0.1) is 0 Å². The summed E-state index contributed by atoms with van der Waals surface area (Å²) < 4.78 is 16.8. The van der Waals surface area contributed by atoms with Crippen LogP contribution < -0.4 is 0 Å². The third-order valence-corrected chi connectivity index (χ3v) is 12.0. The number of unbranched alkanes of at least 4 members (excludes halogenated alkanes) is 24. The van der Waals surface area contributed by atoms with E-state index in [-0.39, 0.29) is 31.1 Å². The summed E-state index contributed by atoms with van der Waals surface area (Å²) >= 11 is 0. The van der Waals surface area contributed by atoms with E-state index in [2.05, 4.69) is 118 Å². The molecular formula is C63H106O6. The fourth-order valence-corrected chi connectivity index (χ4v) is 7.73. The highest BCUT2D eigenvalue weighted by Gasteiger charge is 2.19. The fourth-order valence-electron chi connectivity index (χ4n) is 7.73. The van der Waals surface area contributed by atoms with Gasteiger partial charge in [0.2, 0.25) is 0 Å². The molecule has 0 amide bonds. The Morgan fingerprint density at radius 3 is 0.942 bits per heavy atom. The van der Waals surface area contributed by atoms with Crippen LogP contribution in [-0.4, -0.2) is 37.2 Å². The number of ether oxygens (including phenoxy) is 3. The Kier molecular flexibility index (Phi) is 53.9. The average molecular weight is 960 g/mol. The Labute approximate surface area is 426 Å². The second kappa shape index (κ2) is 56.9. The van der Waals surface area contributed by atoms with Crippen molar-refractivity contribution in [1.82, 2.24) is 0 Å². The van der Waals surface area contributed by atoms with Gasteiger partial charge < -0.3 is 14.2 Å². The largest absolute Gasteiger partial charge is 0.462 e. The maximum Gasteiger partial charge on any atom is 0.306 e. The molecule has 6 heteroatoms. The van der Waals surface area contributed by atoms with Crippen molar-refractivity contribution in [1.29, 1.82) is 0 Å². The lowest BCUT2D eigenvalue weighted by Crippen LogP contribution is -2.30. The van der Waals surface area contributed by atoms with E-state index in [0.29, 0.717) is 19.3 Å². The molecule has 0 heterocycles. The van der Waals surface area contributed by atoms with Crippen molar-refractivity contribution in [2.75, 3.05) is 13.2 Å². The van der Waals surface area contributed by atoms with Gasteiger partial charge in [0.25, 0.3) is 0 Å². The zero-order valence-electron chi connectivity index (χ0n) is 45.0. The molecule has 0 aliphatic carbocycles. The van der Waals surface area contributed by atoms with Crippen molar-refractivity contribution in [3.63, 3.8) is 0 Å². The molecule has 0 saturated heterocycles. The normalized spacial score (nSPS) is 12.8. The highest BCUT2D eigenvalue weighted by molar-refractivity contribution is 5.71. The van der Waals surface area contributed by atoms with Gasteiger partial charge >= 0.3 is 17.9 Å². The first-order valence-electron chi connectivity index (χ1n) is 28.7. The smallest absolute Gasteiger partial charge is 0.306 e. The topological polar surface area (TPSA) is 78.9 Å². The summed E-state index contributed by atoms with van der Waals surface area (Å²) in [6.07, 6.45) is 75.3. The van der Waals surface area contributed by atoms with Crippen molar-refractivity contribution in [2.24, 2.45) is 0 Å². The minimum absolute atomic E-state index is 0.0966. The summed E-state index contributed by atoms with van der Waals surface area (Å²) in [6.45, 7) is 6.46. The SMILES string of the molecule is CC/C=C\C/C=C\C/C=C\C/C=C\C/C=C\CCCCCC(=O)OC[C@H](COC(=O)CCCCCCCCC/C=C\CCCCCCCC)OC(=O)CCCCCCC/C=C\C/C=C\CCCCC. The molecule has 0 saturated carbocycles. The lowest BCUT2D eigenvalue weighted by Gasteiger charge is -2.18. The summed E-state index contributed by atoms with van der Waals surface area (Å²) in [7, 11) is 0. The van der Waals surface area contributed by atoms with Crippen LogP contribution in [-0.2, 0) is 28.6 Å². The van der Waals surface area contributed by atoms with Crippen LogP contribution in [0.1, 0.15) is 265 Å². The van der Waals surface area contributed by atoms with Gasteiger partial charge in [-0.2, -0.15) is 0 Å². The Bertz CT molecular complexity index is 1380. The van der Waals surface area contributed by atoms with Crippen LogP contribution >= 0.6 is 0 Å². The average Bonchev–Trinajstić information content (AvgIpc) is 3.35. The number of esters is 3. The van der Waals surface area contributed by atoms with E-state index in [4.69, 9.17) is 14.2 Å². The lowest BCUT2D eigenvalue weighted by atomic mass is 10.1. The third-order valence-electron chi connectivity index (χ3n) is 12.0. The monoisotopic (exact) mass is 959 g/mol. The predicted octanol–water partition coefficient (Wildman–Crippen LogP) is 19.3. The molecule has 0 rings (SSSR count). The van der Waals surface area contributed by atoms with Crippen molar-refractivity contribution >= 4 is 17.9 Å². The molecule has 0 aliphatic rings. The second-order valence-corrected chi connectivity index (χ2v) is 18.8. The van der Waals surface area contributed by atoms with E-state index in [1.165, 1.54) is 103 Å². The summed E-state index contributed by atoms with van der Waals surface area (Å²) in [5.74, 6) is -0.945. The summed E-state index contributed by atoms with van der Waals surface area (Å²) in [5, 5.41) is 0. The van der Waals surface area contributed by atoms with Gasteiger partial charge in [-0.05, 0) is 122 Å². The van der Waals surface area contributed by atoms with E-state index in [1.54, 1.807) is 0 Å². The van der Waals surface area contributed by atoms with Gasteiger partial charge in [0.05, 0.1) is 0 Å². The molecule has 0 fully saturated rings. The van der Waals surface area contributed by atoms with Gasteiger partial charge in [0.1, 0.15) is 13.2 Å². The molecule has 0 unspecified atom stereocenters. The van der Waals surface area contributed by atoms with Gasteiger partial charge in [0, 0.05) is 19.3 Å². The van der Waals surface area contributed by atoms with E-state index in [1.807, 2.05) is 0 Å². The maximum atomic E-state index is 12.8. The highest BCUT2D eigenvalue weighted by Crippen LogP contribution is 2.14. The summed E-state index contributed by atoms with van der Waals surface area (Å²) in [5.41, 5.74) is 0. The molecule has 0 radical (unpaired) electrons. The van der Waals surface area contributed by atoms with Crippen LogP contribution in [0.15, 0.2) is 97.2 Å². The molecule has 0 aromatic carbocycles. The molecule has 69 heavy (non-hydrogen) atoms. The van der Waals surface area contributed by atoms with Crippen molar-refractivity contribution in [3.05, 3.63) is 97.2 Å². The predicted molar refractivity (Wildman–Crippen MR) is 297 cm³/mol. The minimum Gasteiger partial charge on any atom is -0.462 e. The van der Waals surface area contributed by atoms with E-state index in [9.17, 15) is 14.4 Å². The highest BCUT2D eigenvalue weighted by atomic mass is 16.6. The molecule has 0 aliphatic heterocycles. The Hall–Kier alpha value is -3.67. The lowest BCUT2D eigenvalue weighted by molar-refractivity contribution is -0.167. The second-order valence-electron chi connectivity index (χ2n) is 18.8. The minimum atomic E-state index is -0.802. The van der Waals surface area contributed by atoms with Gasteiger partial charge in [-0.1, -0.05) is 221 Å². The molecule has 0 N–H and O–H groups in total. The number of allylic oxidation sites excluding steroid dienone is 16. The fraction of sp³-hybridized carbons (Fsp3) is 0.698. The van der Waals surface area contributed by atoms with Gasteiger partial charge in [-0.3, -0.25) is 14.4 Å². The van der Waals surface area contributed by atoms with Crippen molar-refractivity contribution in [2.45, 2.75) is 271 Å². The summed E-state index contributed by atoms with van der Waals surface area (Å²) in [4.78, 5) is 38.2. The first kappa shape index (κ1) is 65.3. The third kappa shape index (κ3) is 55.1. The molecule has 1 atom stereocenters. The van der Waals surface area contributed by atoms with Crippen LogP contribution in [0.2, 0.25) is 0 Å². The molecule has 0 aromatic rings. The number of hydrogen-bond donors (Lipinski definition) is 0. The summed E-state index contributed by atoms with van der Waals surface area (Å²) in [6, 6.07) is 0. The van der Waals surface area contributed by atoms with Crippen LogP contribution in [0.5, 0.6) is 0 Å². The molecule has 0 aromatic heterocycles. The maximum absolute atomic E-state index is 12.8. The Balaban J connectivity index is 4.47. The van der Waals surface area contributed by atoms with Crippen LogP contribution in [0.3, 0.4) is 0 Å². The number of hydrogen-bond acceptors (Lipinski definition) is 6. The van der Waals surface area contributed by atoms with Crippen molar-refractivity contribution in [3.8, 4) is 0 Å². The number of carbonyl (C=O) groups is 3. The quantitative estimate of drug-likeness (QED) is 0.0262. The van der Waals surface area contributed by atoms with Crippen LogP contribution in [0.25, 0.3) is 0 Å². The molecule has 6 nitrogen and oxygen atoms in total. The van der Waals surface area contributed by atoms with Crippen LogP contribution in [0.4, 0.5) is 0 Å². The number of rotatable bonds is 51. The standard InChI is InChI=1S/C63H106O6/c1-4-7-10-13-16-19-22-25-28-30-31-33-36-38-41-44-47-50-53-56-62(65)68-59-60(69-63(66)57-54-51-48-45-42-39-34-27-24-21-18-15-12-9-6-3)58-67-61(64)55-52-49-46-43-40-37-35-32-29-26-23-20-17-14-11-8-5-2/h7,10,16,18-19,21,25-29,31,33-34,38,41,60H,4-6,8-9,11-15,17,20,22-24,30,32,35-37,39-40,42-59H2,1-3H3/b10-7-,19-16-,21-18-,28-25-,29-26-,33-31-,34-27-,41-38-/t60-/m0/s1.